The summed E-state index contributed by atoms with van der Waals surface area (Å²) >= 11 is 0. The van der Waals surface area contributed by atoms with Gasteiger partial charge in [0.05, 0.1) is 13.2 Å². The minimum absolute atomic E-state index is 0.0728. The molecule has 4 heteroatoms. The summed E-state index contributed by atoms with van der Waals surface area (Å²) in [5.41, 5.74) is 0.261. The summed E-state index contributed by atoms with van der Waals surface area (Å²) < 4.78 is 11.1. The molecule has 0 atom stereocenters. The fourth-order valence-electron chi connectivity index (χ4n) is 2.11. The first-order chi connectivity index (χ1) is 10.1. The van der Waals surface area contributed by atoms with E-state index in [0.717, 1.165) is 12.8 Å². The Balaban J connectivity index is 2.87. The topological polar surface area (TPSA) is 55.8 Å². The zero-order valence-corrected chi connectivity index (χ0v) is 13.3. The molecule has 0 unspecified atom stereocenters. The average molecular weight is 294 g/mol. The number of ketones is 1. The summed E-state index contributed by atoms with van der Waals surface area (Å²) in [5.74, 6) is 0.739. The Kier molecular flexibility index (Phi) is 7.65. The number of carbonyl (C=O) groups excluding carboxylic acids is 1. The normalized spacial score (nSPS) is 10.4. The van der Waals surface area contributed by atoms with E-state index in [0.29, 0.717) is 31.1 Å². The lowest BCUT2D eigenvalue weighted by Crippen LogP contribution is -2.06. The smallest absolute Gasteiger partial charge is 0.170 e. The van der Waals surface area contributed by atoms with Gasteiger partial charge in [-0.1, -0.05) is 33.1 Å². The van der Waals surface area contributed by atoms with E-state index in [1.54, 1.807) is 13.0 Å². The second kappa shape index (κ2) is 9.27. The third-order valence-electron chi connectivity index (χ3n) is 3.22. The largest absolute Gasteiger partial charge is 0.507 e. The van der Waals surface area contributed by atoms with Crippen LogP contribution in [0.3, 0.4) is 0 Å². The van der Waals surface area contributed by atoms with Crippen molar-refractivity contribution in [2.45, 2.75) is 52.9 Å². The van der Waals surface area contributed by atoms with Gasteiger partial charge in [0.1, 0.15) is 22.8 Å². The molecule has 21 heavy (non-hydrogen) atoms. The van der Waals surface area contributed by atoms with Crippen LogP contribution in [-0.2, 0) is 0 Å². The van der Waals surface area contributed by atoms with E-state index < -0.39 is 0 Å². The average Bonchev–Trinajstić information content (AvgIpc) is 2.46. The summed E-state index contributed by atoms with van der Waals surface area (Å²) in [6, 6.07) is 3.16. The molecule has 0 saturated carbocycles. The van der Waals surface area contributed by atoms with Crippen LogP contribution in [0.1, 0.15) is 63.2 Å². The molecule has 118 valence electrons. The molecule has 4 nitrogen and oxygen atoms in total. The molecule has 0 aliphatic carbocycles. The molecular weight excluding hydrogens is 268 g/mol. The number of Topliss-reactive ketones (excluding diaryl/α,β-unsaturated/α-hetero) is 1. The van der Waals surface area contributed by atoms with Gasteiger partial charge in [0.2, 0.25) is 0 Å². The highest BCUT2D eigenvalue weighted by molar-refractivity contribution is 6.01. The van der Waals surface area contributed by atoms with Gasteiger partial charge in [-0.25, -0.2) is 0 Å². The van der Waals surface area contributed by atoms with Crippen LogP contribution in [0.4, 0.5) is 0 Å². The number of carbonyl (C=O) groups is 1. The minimum atomic E-state index is -0.126. The van der Waals surface area contributed by atoms with Gasteiger partial charge in [-0.3, -0.25) is 4.79 Å². The van der Waals surface area contributed by atoms with Gasteiger partial charge < -0.3 is 14.6 Å². The van der Waals surface area contributed by atoms with Gasteiger partial charge in [-0.2, -0.15) is 0 Å². The first-order valence-corrected chi connectivity index (χ1v) is 7.79. The van der Waals surface area contributed by atoms with Crippen LogP contribution < -0.4 is 9.47 Å². The second-order valence-electron chi connectivity index (χ2n) is 4.93. The van der Waals surface area contributed by atoms with Crippen molar-refractivity contribution in [3.05, 3.63) is 17.7 Å². The van der Waals surface area contributed by atoms with E-state index in [4.69, 9.17) is 9.47 Å². The molecule has 1 rings (SSSR count). The predicted octanol–water partition coefficient (Wildman–Crippen LogP) is 4.34. The number of ether oxygens (including phenoxy) is 2. The number of benzene rings is 1. The van der Waals surface area contributed by atoms with Crippen molar-refractivity contribution in [3.8, 4) is 17.2 Å². The monoisotopic (exact) mass is 294 g/mol. The van der Waals surface area contributed by atoms with Gasteiger partial charge in [-0.05, 0) is 13.3 Å². The Labute approximate surface area is 127 Å². The van der Waals surface area contributed by atoms with Crippen molar-refractivity contribution in [2.75, 3.05) is 13.2 Å². The lowest BCUT2D eigenvalue weighted by molar-refractivity contribution is 0.0981. The lowest BCUT2D eigenvalue weighted by Gasteiger charge is -2.14. The third-order valence-corrected chi connectivity index (χ3v) is 3.22. The van der Waals surface area contributed by atoms with Gasteiger partial charge >= 0.3 is 0 Å². The summed E-state index contributed by atoms with van der Waals surface area (Å²) in [4.78, 5) is 12.0. The fourth-order valence-corrected chi connectivity index (χ4v) is 2.11. The summed E-state index contributed by atoms with van der Waals surface area (Å²) in [5, 5.41) is 10.1. The third kappa shape index (κ3) is 5.29. The molecule has 0 heterocycles. The highest BCUT2D eigenvalue weighted by Crippen LogP contribution is 2.34. The standard InChI is InChI=1S/C17H26O4/c1-4-7-8-9-10-21-16-12-13(20-6-3)11-15(19)17(16)14(18)5-2/h11-12,19H,4-10H2,1-3H3. The Morgan fingerprint density at radius 1 is 1.10 bits per heavy atom. The Morgan fingerprint density at radius 3 is 2.48 bits per heavy atom. The molecule has 0 aromatic heterocycles. The SMILES string of the molecule is CCCCCCOc1cc(OCC)cc(O)c1C(=O)CC. The van der Waals surface area contributed by atoms with Crippen LogP contribution in [0.25, 0.3) is 0 Å². The number of unbranched alkanes of at least 4 members (excludes halogenated alkanes) is 3. The number of hydrogen-bond acceptors (Lipinski definition) is 4. The maximum Gasteiger partial charge on any atom is 0.170 e. The Morgan fingerprint density at radius 2 is 1.86 bits per heavy atom. The van der Waals surface area contributed by atoms with E-state index in [-0.39, 0.29) is 17.1 Å². The maximum absolute atomic E-state index is 12.0. The van der Waals surface area contributed by atoms with Crippen LogP contribution in [0.15, 0.2) is 12.1 Å². The van der Waals surface area contributed by atoms with E-state index in [1.807, 2.05) is 6.92 Å². The summed E-state index contributed by atoms with van der Waals surface area (Å²) in [6.45, 7) is 6.83. The number of rotatable bonds is 10. The number of phenols is 1. The molecule has 0 spiro atoms. The van der Waals surface area contributed by atoms with Gasteiger partial charge in [0.25, 0.3) is 0 Å². The van der Waals surface area contributed by atoms with Crippen molar-refractivity contribution in [1.29, 1.82) is 0 Å². The van der Waals surface area contributed by atoms with Gasteiger partial charge in [0.15, 0.2) is 5.78 Å². The van der Waals surface area contributed by atoms with E-state index in [9.17, 15) is 9.90 Å². The molecule has 1 aromatic rings. The quantitative estimate of drug-likeness (QED) is 0.515. The van der Waals surface area contributed by atoms with E-state index >= 15 is 0 Å². The zero-order valence-electron chi connectivity index (χ0n) is 13.3. The molecule has 0 bridgehead atoms. The molecule has 1 N–H and O–H groups in total. The van der Waals surface area contributed by atoms with E-state index in [1.165, 1.54) is 18.9 Å². The van der Waals surface area contributed by atoms with Crippen molar-refractivity contribution < 1.29 is 19.4 Å². The minimum Gasteiger partial charge on any atom is -0.507 e. The lowest BCUT2D eigenvalue weighted by atomic mass is 10.1. The number of phenolic OH excluding ortho intramolecular Hbond substituents is 1. The molecule has 0 aliphatic rings. The van der Waals surface area contributed by atoms with Crippen molar-refractivity contribution in [1.82, 2.24) is 0 Å². The molecule has 0 radical (unpaired) electrons. The maximum atomic E-state index is 12.0. The highest BCUT2D eigenvalue weighted by atomic mass is 16.5. The van der Waals surface area contributed by atoms with Crippen molar-refractivity contribution in [3.63, 3.8) is 0 Å². The van der Waals surface area contributed by atoms with Crippen LogP contribution in [-0.4, -0.2) is 24.1 Å². The Bertz CT molecular complexity index is 454. The van der Waals surface area contributed by atoms with Crippen LogP contribution in [0, 0.1) is 0 Å². The molecular formula is C17H26O4. The second-order valence-corrected chi connectivity index (χ2v) is 4.93. The number of aromatic hydroxyl groups is 1. The predicted molar refractivity (Wildman–Crippen MR) is 83.5 cm³/mol. The molecule has 0 aliphatic heterocycles. The highest BCUT2D eigenvalue weighted by Gasteiger charge is 2.18. The van der Waals surface area contributed by atoms with Crippen LogP contribution in [0.2, 0.25) is 0 Å². The summed E-state index contributed by atoms with van der Waals surface area (Å²) in [6.07, 6.45) is 4.71. The number of hydrogen-bond donors (Lipinski definition) is 1. The first kappa shape index (κ1) is 17.3. The van der Waals surface area contributed by atoms with Gasteiger partial charge in [-0.15, -0.1) is 0 Å². The van der Waals surface area contributed by atoms with E-state index in [2.05, 4.69) is 6.92 Å². The molecule has 0 saturated heterocycles. The van der Waals surface area contributed by atoms with Crippen molar-refractivity contribution >= 4 is 5.78 Å². The summed E-state index contributed by atoms with van der Waals surface area (Å²) in [7, 11) is 0. The molecule has 0 fully saturated rings. The van der Waals surface area contributed by atoms with Gasteiger partial charge in [0, 0.05) is 18.6 Å². The first-order valence-electron chi connectivity index (χ1n) is 7.79. The fraction of sp³-hybridized carbons (Fsp3) is 0.588. The van der Waals surface area contributed by atoms with Crippen LogP contribution in [0.5, 0.6) is 17.2 Å². The Hall–Kier alpha value is -1.71. The molecule has 0 amide bonds. The van der Waals surface area contributed by atoms with Crippen molar-refractivity contribution in [2.24, 2.45) is 0 Å². The zero-order chi connectivity index (χ0) is 15.7. The van der Waals surface area contributed by atoms with Crippen LogP contribution >= 0.6 is 0 Å². The molecule has 1 aromatic carbocycles.